The van der Waals surface area contributed by atoms with E-state index in [0.717, 1.165) is 29.8 Å². The van der Waals surface area contributed by atoms with E-state index in [-0.39, 0.29) is 0 Å². The van der Waals surface area contributed by atoms with Gasteiger partial charge in [0, 0.05) is 29.1 Å². The third-order valence-corrected chi connectivity index (χ3v) is 4.20. The van der Waals surface area contributed by atoms with Gasteiger partial charge in [-0.05, 0) is 46.8 Å². The molecule has 2 nitrogen and oxygen atoms in total. The molecule has 2 unspecified atom stereocenters. The number of anilines is 1. The fourth-order valence-corrected chi connectivity index (χ4v) is 2.80. The van der Waals surface area contributed by atoms with Crippen LogP contribution in [0.15, 0.2) is 16.7 Å². The molecule has 0 saturated carbocycles. The molecule has 0 bridgehead atoms. The topological polar surface area (TPSA) is 16.1 Å². The van der Waals surface area contributed by atoms with Gasteiger partial charge in [0.25, 0.3) is 0 Å². The number of nitrogens with zero attached hydrogens (tertiary/aromatic N) is 2. The van der Waals surface area contributed by atoms with Crippen molar-refractivity contribution in [1.29, 1.82) is 0 Å². The van der Waals surface area contributed by atoms with Gasteiger partial charge in [0.15, 0.2) is 0 Å². The molecule has 0 radical (unpaired) electrons. The molecule has 1 aliphatic rings. The third-order valence-electron chi connectivity index (χ3n) is 3.12. The Morgan fingerprint density at radius 3 is 2.94 bits per heavy atom. The number of pyridine rings is 1. The van der Waals surface area contributed by atoms with Gasteiger partial charge in [0.05, 0.1) is 0 Å². The van der Waals surface area contributed by atoms with E-state index < -0.39 is 0 Å². The number of alkyl halides is 1. The average Bonchev–Trinajstić information content (AvgIpc) is 2.22. The van der Waals surface area contributed by atoms with Crippen molar-refractivity contribution in [1.82, 2.24) is 4.98 Å². The molecule has 4 heteroatoms. The van der Waals surface area contributed by atoms with Gasteiger partial charge < -0.3 is 4.90 Å². The Kier molecular flexibility index (Phi) is 3.75. The normalized spacial score (nSPS) is 25.9. The maximum absolute atomic E-state index is 6.23. The van der Waals surface area contributed by atoms with Crippen LogP contribution in [0.25, 0.3) is 0 Å². The highest BCUT2D eigenvalue weighted by Gasteiger charge is 2.25. The Labute approximate surface area is 110 Å². The van der Waals surface area contributed by atoms with Crippen molar-refractivity contribution < 1.29 is 0 Å². The summed E-state index contributed by atoms with van der Waals surface area (Å²) in [7, 11) is 0. The maximum Gasteiger partial charge on any atom is 0.131 e. The van der Waals surface area contributed by atoms with Gasteiger partial charge in [-0.15, -0.1) is 11.6 Å². The summed E-state index contributed by atoms with van der Waals surface area (Å²) < 4.78 is 1.04. The molecule has 1 aromatic heterocycles. The molecule has 16 heavy (non-hydrogen) atoms. The second kappa shape index (κ2) is 4.92. The number of piperidine rings is 1. The van der Waals surface area contributed by atoms with Crippen LogP contribution in [0.4, 0.5) is 5.82 Å². The van der Waals surface area contributed by atoms with Crippen molar-refractivity contribution in [2.24, 2.45) is 5.92 Å². The zero-order valence-electron chi connectivity index (χ0n) is 9.58. The average molecular weight is 304 g/mol. The molecular formula is C12H16BrClN2. The van der Waals surface area contributed by atoms with Crippen LogP contribution in [0.3, 0.4) is 0 Å². The zero-order valence-corrected chi connectivity index (χ0v) is 11.9. The molecule has 0 amide bonds. The lowest BCUT2D eigenvalue weighted by atomic mass is 9.99. The second-order valence-corrected chi connectivity index (χ2v) is 6.00. The van der Waals surface area contributed by atoms with Crippen molar-refractivity contribution in [2.45, 2.75) is 25.6 Å². The molecule has 0 N–H and O–H groups in total. The van der Waals surface area contributed by atoms with Gasteiger partial charge in [-0.3, -0.25) is 0 Å². The Morgan fingerprint density at radius 2 is 2.31 bits per heavy atom. The van der Waals surface area contributed by atoms with Crippen LogP contribution in [0.1, 0.15) is 18.9 Å². The van der Waals surface area contributed by atoms with Gasteiger partial charge in [-0.2, -0.15) is 0 Å². The monoisotopic (exact) mass is 302 g/mol. The quantitative estimate of drug-likeness (QED) is 0.737. The molecule has 88 valence electrons. The summed E-state index contributed by atoms with van der Waals surface area (Å²) in [5.41, 5.74) is 1.22. The maximum atomic E-state index is 6.23. The fraction of sp³-hybridized carbons (Fsp3) is 0.583. The van der Waals surface area contributed by atoms with Crippen LogP contribution in [0.2, 0.25) is 0 Å². The van der Waals surface area contributed by atoms with E-state index in [2.05, 4.69) is 45.7 Å². The summed E-state index contributed by atoms with van der Waals surface area (Å²) in [6.45, 7) is 6.32. The molecule has 2 heterocycles. The first-order chi connectivity index (χ1) is 7.58. The summed E-state index contributed by atoms with van der Waals surface area (Å²) in [6.07, 6.45) is 2.90. The van der Waals surface area contributed by atoms with E-state index in [1.807, 2.05) is 6.20 Å². The van der Waals surface area contributed by atoms with E-state index in [1.165, 1.54) is 5.56 Å². The minimum atomic E-state index is 0.312. The second-order valence-electron chi connectivity index (χ2n) is 4.52. The van der Waals surface area contributed by atoms with Gasteiger partial charge in [-0.1, -0.05) is 6.92 Å². The standard InChI is InChI=1S/C12H16BrClN2/c1-8-5-10(13)6-15-12(8)16-4-3-11(14)9(2)7-16/h5-6,9,11H,3-4,7H2,1-2H3. The fourth-order valence-electron chi connectivity index (χ4n) is 2.17. The van der Waals surface area contributed by atoms with E-state index in [0.29, 0.717) is 11.3 Å². The molecule has 1 aliphatic heterocycles. The highest BCUT2D eigenvalue weighted by Crippen LogP contribution is 2.28. The van der Waals surface area contributed by atoms with Crippen molar-refractivity contribution in [3.8, 4) is 0 Å². The van der Waals surface area contributed by atoms with Crippen molar-refractivity contribution in [3.05, 3.63) is 22.3 Å². The molecule has 2 rings (SSSR count). The summed E-state index contributed by atoms with van der Waals surface area (Å²) in [4.78, 5) is 6.84. The molecule has 2 atom stereocenters. The molecule has 0 spiro atoms. The molecule has 1 fully saturated rings. The number of rotatable bonds is 1. The van der Waals surface area contributed by atoms with E-state index >= 15 is 0 Å². The summed E-state index contributed by atoms with van der Waals surface area (Å²) in [6, 6.07) is 2.11. The van der Waals surface area contributed by atoms with Crippen molar-refractivity contribution >= 4 is 33.3 Å². The largest absolute Gasteiger partial charge is 0.356 e. The lowest BCUT2D eigenvalue weighted by Gasteiger charge is -2.35. The number of hydrogen-bond donors (Lipinski definition) is 0. The van der Waals surface area contributed by atoms with Gasteiger partial charge in [0.1, 0.15) is 5.82 Å². The lowest BCUT2D eigenvalue weighted by Crippen LogP contribution is -2.40. The zero-order chi connectivity index (χ0) is 11.7. The van der Waals surface area contributed by atoms with Crippen molar-refractivity contribution in [3.63, 3.8) is 0 Å². The lowest BCUT2D eigenvalue weighted by molar-refractivity contribution is 0.452. The Hall–Kier alpha value is -0.280. The van der Waals surface area contributed by atoms with Crippen molar-refractivity contribution in [2.75, 3.05) is 18.0 Å². The summed E-state index contributed by atoms with van der Waals surface area (Å²) in [5, 5.41) is 0.312. The number of hydrogen-bond acceptors (Lipinski definition) is 2. The molecular weight excluding hydrogens is 288 g/mol. The highest BCUT2D eigenvalue weighted by atomic mass is 79.9. The SMILES string of the molecule is Cc1cc(Br)cnc1N1CCC(Cl)C(C)C1. The van der Waals surface area contributed by atoms with Crippen LogP contribution in [-0.4, -0.2) is 23.5 Å². The van der Waals surface area contributed by atoms with E-state index in [1.54, 1.807) is 0 Å². The number of aromatic nitrogens is 1. The minimum absolute atomic E-state index is 0.312. The highest BCUT2D eigenvalue weighted by molar-refractivity contribution is 9.10. The Balaban J connectivity index is 2.18. The third kappa shape index (κ3) is 2.51. The Bertz CT molecular complexity index is 383. The van der Waals surface area contributed by atoms with Crippen LogP contribution < -0.4 is 4.90 Å². The first kappa shape index (κ1) is 12.2. The van der Waals surface area contributed by atoms with Crippen LogP contribution >= 0.6 is 27.5 Å². The van der Waals surface area contributed by atoms with Crippen LogP contribution in [0.5, 0.6) is 0 Å². The molecule has 0 aromatic carbocycles. The minimum Gasteiger partial charge on any atom is -0.356 e. The summed E-state index contributed by atoms with van der Waals surface area (Å²) >= 11 is 9.67. The predicted octanol–water partition coefficient (Wildman–Crippen LogP) is 3.61. The molecule has 1 aromatic rings. The molecule has 0 aliphatic carbocycles. The number of aryl methyl sites for hydroxylation is 1. The van der Waals surface area contributed by atoms with Gasteiger partial charge in [0.2, 0.25) is 0 Å². The van der Waals surface area contributed by atoms with E-state index in [9.17, 15) is 0 Å². The first-order valence-electron chi connectivity index (χ1n) is 5.59. The van der Waals surface area contributed by atoms with Crippen LogP contribution in [-0.2, 0) is 0 Å². The van der Waals surface area contributed by atoms with Gasteiger partial charge in [-0.25, -0.2) is 4.98 Å². The number of halogens is 2. The molecule has 1 saturated heterocycles. The van der Waals surface area contributed by atoms with Crippen LogP contribution in [0, 0.1) is 12.8 Å². The summed E-state index contributed by atoms with van der Waals surface area (Å²) in [5.74, 6) is 1.62. The van der Waals surface area contributed by atoms with E-state index in [4.69, 9.17) is 11.6 Å². The van der Waals surface area contributed by atoms with Gasteiger partial charge >= 0.3 is 0 Å². The smallest absolute Gasteiger partial charge is 0.131 e. The Morgan fingerprint density at radius 1 is 1.56 bits per heavy atom. The first-order valence-corrected chi connectivity index (χ1v) is 6.82. The predicted molar refractivity (Wildman–Crippen MR) is 72.3 cm³/mol.